The van der Waals surface area contributed by atoms with E-state index in [-0.39, 0.29) is 16.9 Å². The van der Waals surface area contributed by atoms with Crippen molar-refractivity contribution in [1.82, 2.24) is 9.97 Å². The maximum absolute atomic E-state index is 11.1. The Bertz CT molecular complexity index is 1280. The van der Waals surface area contributed by atoms with Gasteiger partial charge in [0.05, 0.1) is 0 Å². The first-order valence-corrected chi connectivity index (χ1v) is 12.7. The molecular weight excluding hydrogens is 480 g/mol. The standard InChI is InChI=1S/C18H17ClN2O.C14H16O/c1-13(11-14(2)22)12-16-5-3-15(4-6-16)7-8-17-9-10-20-18(19)21-17;1-4-13-5-7-14(8-6-13)10-11(2)9-12(3)15/h3-6,9-10,13H,11-12H2,1-2H3;1,5-8,11H,9-10H2,2-3H3. The number of rotatable bonds is 8. The highest BCUT2D eigenvalue weighted by Crippen LogP contribution is 2.14. The van der Waals surface area contributed by atoms with Crippen molar-refractivity contribution in [2.45, 2.75) is 53.4 Å². The van der Waals surface area contributed by atoms with Gasteiger partial charge in [0.15, 0.2) is 0 Å². The fourth-order valence-corrected chi connectivity index (χ4v) is 4.08. The highest BCUT2D eigenvalue weighted by atomic mass is 35.5. The zero-order chi connectivity index (χ0) is 27.2. The van der Waals surface area contributed by atoms with Gasteiger partial charge in [-0.3, -0.25) is 0 Å². The van der Waals surface area contributed by atoms with Gasteiger partial charge in [0.1, 0.15) is 17.3 Å². The third-order valence-corrected chi connectivity index (χ3v) is 5.66. The predicted molar refractivity (Wildman–Crippen MR) is 150 cm³/mol. The summed E-state index contributed by atoms with van der Waals surface area (Å²) in [5.74, 6) is 9.84. The lowest BCUT2D eigenvalue weighted by Gasteiger charge is -2.09. The van der Waals surface area contributed by atoms with Crippen LogP contribution in [-0.4, -0.2) is 21.5 Å². The van der Waals surface area contributed by atoms with E-state index < -0.39 is 0 Å². The molecule has 0 radical (unpaired) electrons. The molecule has 37 heavy (non-hydrogen) atoms. The Morgan fingerprint density at radius 2 is 1.30 bits per heavy atom. The molecule has 5 heteroatoms. The zero-order valence-corrected chi connectivity index (χ0v) is 22.7. The number of aromatic nitrogens is 2. The van der Waals surface area contributed by atoms with Crippen LogP contribution in [0.4, 0.5) is 0 Å². The average molecular weight is 513 g/mol. The molecule has 1 aromatic heterocycles. The fraction of sp³-hybridized carbons (Fsp3) is 0.312. The molecule has 2 unspecified atom stereocenters. The smallest absolute Gasteiger partial charge is 0.223 e. The third-order valence-electron chi connectivity index (χ3n) is 5.48. The Kier molecular flexibility index (Phi) is 12.3. The number of carbonyl (C=O) groups excluding carboxylic acids is 2. The number of ketones is 2. The maximum Gasteiger partial charge on any atom is 0.223 e. The normalized spacial score (nSPS) is 11.6. The lowest BCUT2D eigenvalue weighted by atomic mass is 9.96. The molecule has 190 valence electrons. The van der Waals surface area contributed by atoms with Crippen LogP contribution in [0.5, 0.6) is 0 Å². The number of halogens is 1. The number of carbonyl (C=O) groups is 2. The molecule has 0 aliphatic heterocycles. The van der Waals surface area contributed by atoms with Crippen LogP contribution in [0.15, 0.2) is 60.8 Å². The topological polar surface area (TPSA) is 59.9 Å². The fourth-order valence-electron chi connectivity index (χ4n) is 3.93. The van der Waals surface area contributed by atoms with Crippen molar-refractivity contribution in [3.05, 3.63) is 94.0 Å². The van der Waals surface area contributed by atoms with E-state index in [1.807, 2.05) is 48.5 Å². The number of hydrogen-bond donors (Lipinski definition) is 0. The van der Waals surface area contributed by atoms with Crippen LogP contribution >= 0.6 is 11.6 Å². The van der Waals surface area contributed by atoms with Crippen molar-refractivity contribution in [3.63, 3.8) is 0 Å². The Hall–Kier alpha value is -3.73. The second-order valence-corrected chi connectivity index (χ2v) is 9.77. The lowest BCUT2D eigenvalue weighted by Crippen LogP contribution is -2.04. The van der Waals surface area contributed by atoms with Crippen molar-refractivity contribution in [3.8, 4) is 24.2 Å². The van der Waals surface area contributed by atoms with E-state index in [0.29, 0.717) is 30.4 Å². The Labute approximate surface area is 225 Å². The Morgan fingerprint density at radius 1 is 0.811 bits per heavy atom. The molecule has 2 aromatic carbocycles. The minimum atomic E-state index is 0.196. The summed E-state index contributed by atoms with van der Waals surface area (Å²) in [7, 11) is 0. The molecule has 0 saturated carbocycles. The summed E-state index contributed by atoms with van der Waals surface area (Å²) in [4.78, 5) is 29.9. The summed E-state index contributed by atoms with van der Waals surface area (Å²) in [6.07, 6.45) is 9.96. The molecular formula is C32H33ClN2O2. The molecule has 0 saturated heterocycles. The van der Waals surface area contributed by atoms with Crippen LogP contribution in [0.3, 0.4) is 0 Å². The third kappa shape index (κ3) is 12.2. The van der Waals surface area contributed by atoms with Crippen LogP contribution in [0.2, 0.25) is 5.28 Å². The molecule has 0 amide bonds. The first-order chi connectivity index (χ1) is 17.6. The van der Waals surface area contributed by atoms with Gasteiger partial charge in [-0.05, 0) is 97.5 Å². The van der Waals surface area contributed by atoms with Gasteiger partial charge >= 0.3 is 0 Å². The lowest BCUT2D eigenvalue weighted by molar-refractivity contribution is -0.118. The van der Waals surface area contributed by atoms with Gasteiger partial charge in [-0.1, -0.05) is 50.0 Å². The van der Waals surface area contributed by atoms with E-state index in [2.05, 4.69) is 41.6 Å². The van der Waals surface area contributed by atoms with Gasteiger partial charge in [0, 0.05) is 30.2 Å². The van der Waals surface area contributed by atoms with Crippen LogP contribution in [0, 0.1) is 36.0 Å². The maximum atomic E-state index is 11.1. The second-order valence-electron chi connectivity index (χ2n) is 9.43. The van der Waals surface area contributed by atoms with Crippen LogP contribution < -0.4 is 0 Å². The molecule has 1 heterocycles. The van der Waals surface area contributed by atoms with E-state index in [4.69, 9.17) is 18.0 Å². The SMILES string of the molecule is C#Cc1ccc(CC(C)CC(C)=O)cc1.CC(=O)CC(C)Cc1ccc(C#Cc2ccnc(Cl)n2)cc1. The summed E-state index contributed by atoms with van der Waals surface area (Å²) in [6, 6.07) is 17.7. The minimum Gasteiger partial charge on any atom is -0.300 e. The number of terminal acetylenes is 1. The summed E-state index contributed by atoms with van der Waals surface area (Å²) in [5.41, 5.74) is 4.86. The van der Waals surface area contributed by atoms with E-state index >= 15 is 0 Å². The van der Waals surface area contributed by atoms with Crippen LogP contribution in [-0.2, 0) is 22.4 Å². The summed E-state index contributed by atoms with van der Waals surface area (Å²) in [6.45, 7) is 7.46. The largest absolute Gasteiger partial charge is 0.300 e. The van der Waals surface area contributed by atoms with Crippen molar-refractivity contribution in [1.29, 1.82) is 0 Å². The number of nitrogens with zero attached hydrogens (tertiary/aromatic N) is 2. The molecule has 0 spiro atoms. The van der Waals surface area contributed by atoms with E-state index in [1.54, 1.807) is 26.1 Å². The van der Waals surface area contributed by atoms with Gasteiger partial charge in [-0.15, -0.1) is 6.42 Å². The molecule has 2 atom stereocenters. The number of hydrogen-bond acceptors (Lipinski definition) is 4. The first-order valence-electron chi connectivity index (χ1n) is 12.3. The summed E-state index contributed by atoms with van der Waals surface area (Å²) >= 11 is 5.72. The van der Waals surface area contributed by atoms with Gasteiger partial charge in [-0.25, -0.2) is 9.97 Å². The van der Waals surface area contributed by atoms with Crippen LogP contribution in [0.25, 0.3) is 0 Å². The zero-order valence-electron chi connectivity index (χ0n) is 21.9. The summed E-state index contributed by atoms with van der Waals surface area (Å²) < 4.78 is 0. The van der Waals surface area contributed by atoms with Crippen molar-refractivity contribution < 1.29 is 9.59 Å². The van der Waals surface area contributed by atoms with Crippen molar-refractivity contribution >= 4 is 23.2 Å². The molecule has 3 rings (SSSR count). The number of Topliss-reactive ketones (excluding diaryl/α,β-unsaturated/α-hetero) is 2. The monoisotopic (exact) mass is 512 g/mol. The predicted octanol–water partition coefficient (Wildman–Crippen LogP) is 6.51. The average Bonchev–Trinajstić information content (AvgIpc) is 2.83. The van der Waals surface area contributed by atoms with Gasteiger partial charge in [0.2, 0.25) is 5.28 Å². The second kappa shape index (κ2) is 15.4. The highest BCUT2D eigenvalue weighted by Gasteiger charge is 2.07. The van der Waals surface area contributed by atoms with E-state index in [0.717, 1.165) is 24.0 Å². The molecule has 0 bridgehead atoms. The number of benzene rings is 2. The van der Waals surface area contributed by atoms with Crippen molar-refractivity contribution in [2.75, 3.05) is 0 Å². The van der Waals surface area contributed by atoms with Crippen LogP contribution in [0.1, 0.15) is 68.5 Å². The van der Waals surface area contributed by atoms with E-state index in [1.165, 1.54) is 11.1 Å². The quantitative estimate of drug-likeness (QED) is 0.255. The molecule has 3 aromatic rings. The summed E-state index contributed by atoms with van der Waals surface area (Å²) in [5, 5.41) is 0.196. The van der Waals surface area contributed by atoms with Gasteiger partial charge in [-0.2, -0.15) is 0 Å². The Morgan fingerprint density at radius 3 is 1.73 bits per heavy atom. The van der Waals surface area contributed by atoms with Gasteiger partial charge in [0.25, 0.3) is 0 Å². The Balaban J connectivity index is 0.000000281. The molecule has 0 fully saturated rings. The first kappa shape index (κ1) is 29.5. The van der Waals surface area contributed by atoms with Crippen molar-refractivity contribution in [2.24, 2.45) is 11.8 Å². The molecule has 4 nitrogen and oxygen atoms in total. The van der Waals surface area contributed by atoms with E-state index in [9.17, 15) is 9.59 Å². The van der Waals surface area contributed by atoms with Gasteiger partial charge < -0.3 is 9.59 Å². The highest BCUT2D eigenvalue weighted by molar-refractivity contribution is 6.28. The minimum absolute atomic E-state index is 0.196. The molecule has 0 N–H and O–H groups in total. The molecule has 0 aliphatic carbocycles. The molecule has 0 aliphatic rings.